The number of rotatable bonds is 6. The van der Waals surface area contributed by atoms with E-state index in [1.165, 1.54) is 37.3 Å². The fourth-order valence-corrected chi connectivity index (χ4v) is 2.85. The summed E-state index contributed by atoms with van der Waals surface area (Å²) in [6.07, 6.45) is 1.63. The summed E-state index contributed by atoms with van der Waals surface area (Å²) in [6.45, 7) is -0.102. The second-order valence-corrected chi connectivity index (χ2v) is 6.06. The number of anilines is 1. The predicted molar refractivity (Wildman–Crippen MR) is 98.3 cm³/mol. The van der Waals surface area contributed by atoms with Gasteiger partial charge in [0.2, 0.25) is 0 Å². The number of halogens is 1. The number of methoxy groups -OCH3 is 2. The molecule has 0 saturated heterocycles. The molecule has 3 rings (SSSR count). The van der Waals surface area contributed by atoms with Crippen LogP contribution in [-0.4, -0.2) is 49.3 Å². The Morgan fingerprint density at radius 1 is 1.21 bits per heavy atom. The van der Waals surface area contributed by atoms with E-state index in [4.69, 9.17) is 18.9 Å². The Labute approximate surface area is 166 Å². The molecule has 154 valence electrons. The normalized spacial score (nSPS) is 14.0. The summed E-state index contributed by atoms with van der Waals surface area (Å²) in [6, 6.07) is 5.63. The third kappa shape index (κ3) is 4.21. The van der Waals surface area contributed by atoms with Gasteiger partial charge in [-0.15, -0.1) is 0 Å². The van der Waals surface area contributed by atoms with E-state index in [0.29, 0.717) is 0 Å². The highest BCUT2D eigenvalue weighted by Gasteiger charge is 2.34. The zero-order valence-corrected chi connectivity index (χ0v) is 16.2. The van der Waals surface area contributed by atoms with Gasteiger partial charge in [-0.25, -0.2) is 14.0 Å². The van der Waals surface area contributed by atoms with Crippen molar-refractivity contribution in [3.8, 4) is 5.75 Å². The summed E-state index contributed by atoms with van der Waals surface area (Å²) >= 11 is 0. The molecule has 9 nitrogen and oxygen atoms in total. The number of carbonyl (C=O) groups is 2. The van der Waals surface area contributed by atoms with Crippen LogP contribution >= 0.6 is 0 Å². The van der Waals surface area contributed by atoms with Crippen LogP contribution in [0.4, 0.5) is 10.1 Å². The van der Waals surface area contributed by atoms with Crippen molar-refractivity contribution in [2.75, 3.05) is 32.5 Å². The number of carbonyl (C=O) groups excluding carboxylic acids is 2. The van der Waals surface area contributed by atoms with Crippen molar-refractivity contribution in [2.45, 2.75) is 6.61 Å². The van der Waals surface area contributed by atoms with E-state index < -0.39 is 17.8 Å². The fraction of sp³-hybridized carbons (Fsp3) is 0.316. The minimum atomic E-state index is -0.782. The number of esters is 2. The van der Waals surface area contributed by atoms with Crippen LogP contribution in [0.1, 0.15) is 5.69 Å². The van der Waals surface area contributed by atoms with Gasteiger partial charge in [0, 0.05) is 19.3 Å². The van der Waals surface area contributed by atoms with Crippen molar-refractivity contribution in [3.05, 3.63) is 53.2 Å². The maximum Gasteiger partial charge on any atom is 0.355 e. The molecule has 10 heteroatoms. The molecule has 29 heavy (non-hydrogen) atoms. The van der Waals surface area contributed by atoms with Gasteiger partial charge in [-0.3, -0.25) is 4.68 Å². The molecule has 0 unspecified atom stereocenters. The fourth-order valence-electron chi connectivity index (χ4n) is 2.85. The van der Waals surface area contributed by atoms with E-state index in [2.05, 4.69) is 5.10 Å². The standard InChI is InChI=1S/C19H20FN3O6/c1-22-13(6-7-21-22)9-29-16-5-4-12(20)8-15(16)23-11-28-10-14(18(24)26-2)17(23)19(25)27-3/h4-8H,9-11H2,1-3H3. The maximum absolute atomic E-state index is 14.1. The highest BCUT2D eigenvalue weighted by atomic mass is 19.1. The van der Waals surface area contributed by atoms with E-state index in [0.717, 1.165) is 5.69 Å². The largest absolute Gasteiger partial charge is 0.485 e. The van der Waals surface area contributed by atoms with Gasteiger partial charge in [-0.05, 0) is 18.2 Å². The molecule has 1 aromatic heterocycles. The lowest BCUT2D eigenvalue weighted by Gasteiger charge is -2.32. The number of hydrogen-bond donors (Lipinski definition) is 0. The molecule has 0 amide bonds. The average Bonchev–Trinajstić information content (AvgIpc) is 3.15. The molecule has 1 aromatic carbocycles. The molecule has 0 atom stereocenters. The second kappa shape index (κ2) is 8.74. The third-order valence-corrected chi connectivity index (χ3v) is 4.34. The lowest BCUT2D eigenvalue weighted by atomic mass is 10.1. The van der Waals surface area contributed by atoms with Gasteiger partial charge in [-0.1, -0.05) is 0 Å². The van der Waals surface area contributed by atoms with Crippen LogP contribution in [0.25, 0.3) is 0 Å². The first-order valence-corrected chi connectivity index (χ1v) is 8.60. The summed E-state index contributed by atoms with van der Waals surface area (Å²) in [5, 5.41) is 4.07. The summed E-state index contributed by atoms with van der Waals surface area (Å²) in [7, 11) is 4.14. The Kier molecular flexibility index (Phi) is 6.13. The van der Waals surface area contributed by atoms with E-state index in [9.17, 15) is 14.0 Å². The number of aryl methyl sites for hydroxylation is 1. The zero-order valence-electron chi connectivity index (χ0n) is 16.2. The van der Waals surface area contributed by atoms with Crippen LogP contribution in [0.5, 0.6) is 5.75 Å². The van der Waals surface area contributed by atoms with Crippen molar-refractivity contribution in [1.82, 2.24) is 9.78 Å². The van der Waals surface area contributed by atoms with E-state index in [1.807, 2.05) is 0 Å². The molecular weight excluding hydrogens is 385 g/mol. The van der Waals surface area contributed by atoms with Gasteiger partial charge in [-0.2, -0.15) is 5.10 Å². The van der Waals surface area contributed by atoms with E-state index in [-0.39, 0.29) is 42.7 Å². The van der Waals surface area contributed by atoms with Crippen LogP contribution in [-0.2, 0) is 37.5 Å². The average molecular weight is 405 g/mol. The highest BCUT2D eigenvalue weighted by molar-refractivity contribution is 6.03. The first-order chi connectivity index (χ1) is 14.0. The Bertz CT molecular complexity index is 955. The van der Waals surface area contributed by atoms with Gasteiger partial charge >= 0.3 is 11.9 Å². The smallest absolute Gasteiger partial charge is 0.355 e. The minimum absolute atomic E-state index is 0.0348. The van der Waals surface area contributed by atoms with Crippen molar-refractivity contribution in [2.24, 2.45) is 7.05 Å². The van der Waals surface area contributed by atoms with Gasteiger partial charge in [0.25, 0.3) is 0 Å². The van der Waals surface area contributed by atoms with Crippen LogP contribution in [0.2, 0.25) is 0 Å². The molecule has 1 aliphatic rings. The Hall–Kier alpha value is -3.40. The number of hydrogen-bond acceptors (Lipinski definition) is 8. The molecule has 2 aromatic rings. The van der Waals surface area contributed by atoms with Crippen molar-refractivity contribution < 1.29 is 32.9 Å². The number of aromatic nitrogens is 2. The SMILES string of the molecule is COC(=O)C1=C(C(=O)OC)N(c2cc(F)ccc2OCc2ccnn2C)COC1. The van der Waals surface area contributed by atoms with Crippen LogP contribution < -0.4 is 9.64 Å². The summed E-state index contributed by atoms with van der Waals surface area (Å²) in [4.78, 5) is 25.9. The van der Waals surface area contributed by atoms with Crippen LogP contribution in [0.15, 0.2) is 41.7 Å². The quantitative estimate of drug-likeness (QED) is 0.669. The predicted octanol–water partition coefficient (Wildman–Crippen LogP) is 1.53. The first-order valence-electron chi connectivity index (χ1n) is 8.60. The summed E-state index contributed by atoms with van der Waals surface area (Å²) < 4.78 is 36.5. The first kappa shape index (κ1) is 20.3. The second-order valence-electron chi connectivity index (χ2n) is 6.06. The molecule has 0 N–H and O–H groups in total. The van der Waals surface area contributed by atoms with Gasteiger partial charge in [0.1, 0.15) is 30.6 Å². The Morgan fingerprint density at radius 2 is 1.97 bits per heavy atom. The Morgan fingerprint density at radius 3 is 2.62 bits per heavy atom. The van der Waals surface area contributed by atoms with Crippen molar-refractivity contribution in [1.29, 1.82) is 0 Å². The number of ether oxygens (including phenoxy) is 4. The minimum Gasteiger partial charge on any atom is -0.485 e. The molecule has 0 fully saturated rings. The molecule has 0 aliphatic carbocycles. The molecular formula is C19H20FN3O6. The molecule has 0 saturated carbocycles. The third-order valence-electron chi connectivity index (χ3n) is 4.34. The monoisotopic (exact) mass is 405 g/mol. The highest BCUT2D eigenvalue weighted by Crippen LogP contribution is 2.35. The van der Waals surface area contributed by atoms with Crippen LogP contribution in [0.3, 0.4) is 0 Å². The number of benzene rings is 1. The van der Waals surface area contributed by atoms with Gasteiger partial charge < -0.3 is 23.8 Å². The van der Waals surface area contributed by atoms with Gasteiger partial charge in [0.05, 0.1) is 37.8 Å². The molecule has 0 radical (unpaired) electrons. The zero-order chi connectivity index (χ0) is 21.0. The van der Waals surface area contributed by atoms with Crippen molar-refractivity contribution >= 4 is 17.6 Å². The molecule has 0 bridgehead atoms. The van der Waals surface area contributed by atoms with Crippen LogP contribution in [0, 0.1) is 5.82 Å². The number of nitrogens with zero attached hydrogens (tertiary/aromatic N) is 3. The van der Waals surface area contributed by atoms with E-state index >= 15 is 0 Å². The molecule has 0 spiro atoms. The van der Waals surface area contributed by atoms with E-state index in [1.54, 1.807) is 24.0 Å². The lowest BCUT2D eigenvalue weighted by molar-refractivity contribution is -0.140. The van der Waals surface area contributed by atoms with Gasteiger partial charge in [0.15, 0.2) is 0 Å². The molecule has 1 aliphatic heterocycles. The summed E-state index contributed by atoms with van der Waals surface area (Å²) in [5.74, 6) is -1.80. The van der Waals surface area contributed by atoms with Crippen molar-refractivity contribution in [3.63, 3.8) is 0 Å². The topological polar surface area (TPSA) is 92.1 Å². The Balaban J connectivity index is 2.03. The summed E-state index contributed by atoms with van der Waals surface area (Å²) in [5.41, 5.74) is 0.858. The molecule has 2 heterocycles. The lowest BCUT2D eigenvalue weighted by Crippen LogP contribution is -2.39. The maximum atomic E-state index is 14.1.